The maximum absolute atomic E-state index is 11.1. The molecule has 2 rings (SSSR count). The Morgan fingerprint density at radius 1 is 1.33 bits per heavy atom. The van der Waals surface area contributed by atoms with Gasteiger partial charge in [0.25, 0.3) is 0 Å². The van der Waals surface area contributed by atoms with Crippen molar-refractivity contribution in [3.63, 3.8) is 0 Å². The first-order valence-corrected chi connectivity index (χ1v) is 6.49. The Labute approximate surface area is 102 Å². The van der Waals surface area contributed by atoms with Gasteiger partial charge in [0.05, 0.1) is 0 Å². The molecule has 0 unspecified atom stereocenters. The molecule has 1 aromatic heterocycles. The molecule has 0 aliphatic carbocycles. The minimum Gasteiger partial charge on any atom is -0.747 e. The topological polar surface area (TPSA) is 116 Å². The van der Waals surface area contributed by atoms with Crippen molar-refractivity contribution < 1.29 is 17.9 Å². The number of fused-ring (bicyclic) bond motifs is 1. The lowest BCUT2D eigenvalue weighted by Crippen LogP contribution is -2.21. The molecule has 1 heterocycles. The van der Waals surface area contributed by atoms with Crippen molar-refractivity contribution in [2.24, 2.45) is 0 Å². The summed E-state index contributed by atoms with van der Waals surface area (Å²) in [7, 11) is -4.79. The van der Waals surface area contributed by atoms with Crippen LogP contribution in [-0.4, -0.2) is 29.4 Å². The van der Waals surface area contributed by atoms with Gasteiger partial charge in [-0.05, 0) is 6.07 Å². The zero-order chi connectivity index (χ0) is 13.3. The summed E-state index contributed by atoms with van der Waals surface area (Å²) in [5.74, 6) is 0. The number of hydrogen-bond acceptors (Lipinski definition) is 5. The summed E-state index contributed by atoms with van der Waals surface area (Å²) in [6, 6.07) is 6.70. The van der Waals surface area contributed by atoms with Crippen LogP contribution in [0.3, 0.4) is 0 Å². The average molecular weight is 269 g/mol. The van der Waals surface area contributed by atoms with Crippen LogP contribution in [0.5, 0.6) is 0 Å². The SMILES string of the molecule is O=[N+]([O-])C[C@H](c1c[nH]c2ccccc12)S(=O)(=O)[O-]. The molecule has 2 aromatic rings. The molecular formula is C10H9N2O5S-. The summed E-state index contributed by atoms with van der Waals surface area (Å²) in [4.78, 5) is 12.5. The third-order valence-corrected chi connectivity index (χ3v) is 3.73. The molecule has 0 radical (unpaired) electrons. The van der Waals surface area contributed by atoms with Crippen molar-refractivity contribution >= 4 is 21.0 Å². The number of nitrogens with zero attached hydrogens (tertiary/aromatic N) is 1. The summed E-state index contributed by atoms with van der Waals surface area (Å²) in [5.41, 5.74) is 0.766. The van der Waals surface area contributed by atoms with Crippen LogP contribution in [0, 0.1) is 10.1 Å². The molecule has 0 saturated heterocycles. The van der Waals surface area contributed by atoms with Crippen molar-refractivity contribution in [3.05, 3.63) is 46.1 Å². The van der Waals surface area contributed by atoms with Crippen LogP contribution in [0.4, 0.5) is 0 Å². The Morgan fingerprint density at radius 2 is 2.00 bits per heavy atom. The van der Waals surface area contributed by atoms with Crippen molar-refractivity contribution in [3.8, 4) is 0 Å². The lowest BCUT2D eigenvalue weighted by molar-refractivity contribution is -0.480. The number of H-pyrrole nitrogens is 1. The fraction of sp³-hybridized carbons (Fsp3) is 0.200. The minimum atomic E-state index is -4.79. The molecule has 0 aliphatic rings. The Morgan fingerprint density at radius 3 is 2.61 bits per heavy atom. The van der Waals surface area contributed by atoms with Crippen LogP contribution >= 0.6 is 0 Å². The summed E-state index contributed by atoms with van der Waals surface area (Å²) >= 11 is 0. The maximum atomic E-state index is 11.1. The molecule has 1 aromatic carbocycles. The molecule has 0 bridgehead atoms. The second-order valence-corrected chi connectivity index (χ2v) is 5.34. The third-order valence-electron chi connectivity index (χ3n) is 2.63. The van der Waals surface area contributed by atoms with E-state index in [0.717, 1.165) is 0 Å². The number of nitrogens with one attached hydrogen (secondary N) is 1. The number of para-hydroxylation sites is 1. The normalized spacial score (nSPS) is 13.6. The van der Waals surface area contributed by atoms with Crippen LogP contribution in [-0.2, 0) is 10.1 Å². The summed E-state index contributed by atoms with van der Waals surface area (Å²) < 4.78 is 33.4. The second-order valence-electron chi connectivity index (χ2n) is 3.79. The maximum Gasteiger partial charge on any atom is 0.223 e. The van der Waals surface area contributed by atoms with Gasteiger partial charge in [-0.2, -0.15) is 0 Å². The molecule has 1 atom stereocenters. The van der Waals surface area contributed by atoms with Gasteiger partial charge in [-0.15, -0.1) is 0 Å². The molecule has 8 heteroatoms. The van der Waals surface area contributed by atoms with Gasteiger partial charge in [0, 0.05) is 27.6 Å². The van der Waals surface area contributed by atoms with Gasteiger partial charge in [0.15, 0.2) is 0 Å². The van der Waals surface area contributed by atoms with E-state index in [-0.39, 0.29) is 5.56 Å². The van der Waals surface area contributed by atoms with E-state index < -0.39 is 26.8 Å². The van der Waals surface area contributed by atoms with E-state index >= 15 is 0 Å². The van der Waals surface area contributed by atoms with Crippen molar-refractivity contribution in [2.45, 2.75) is 5.25 Å². The summed E-state index contributed by atoms with van der Waals surface area (Å²) in [6.45, 7) is -0.937. The first kappa shape index (κ1) is 12.5. The molecule has 0 spiro atoms. The van der Waals surface area contributed by atoms with Crippen molar-refractivity contribution in [1.29, 1.82) is 0 Å². The fourth-order valence-corrected chi connectivity index (χ4v) is 2.65. The van der Waals surface area contributed by atoms with E-state index in [1.54, 1.807) is 24.3 Å². The van der Waals surface area contributed by atoms with Crippen LogP contribution < -0.4 is 0 Å². The van der Waals surface area contributed by atoms with Crippen LogP contribution in [0.15, 0.2) is 30.5 Å². The highest BCUT2D eigenvalue weighted by molar-refractivity contribution is 7.86. The van der Waals surface area contributed by atoms with Gasteiger partial charge in [0.2, 0.25) is 6.54 Å². The van der Waals surface area contributed by atoms with E-state index in [4.69, 9.17) is 0 Å². The Bertz CT molecular complexity index is 691. The predicted molar refractivity (Wildman–Crippen MR) is 62.6 cm³/mol. The quantitative estimate of drug-likeness (QED) is 0.505. The smallest absolute Gasteiger partial charge is 0.223 e. The molecule has 0 saturated carbocycles. The average Bonchev–Trinajstić information content (AvgIpc) is 2.67. The Hall–Kier alpha value is -1.93. The first-order valence-electron chi connectivity index (χ1n) is 5.02. The number of hydrogen-bond donors (Lipinski definition) is 1. The van der Waals surface area contributed by atoms with Gasteiger partial charge in [0.1, 0.15) is 15.4 Å². The summed E-state index contributed by atoms with van der Waals surface area (Å²) in [6.07, 6.45) is 1.33. The lowest BCUT2D eigenvalue weighted by atomic mass is 10.1. The standard InChI is InChI=1S/C10H10N2O5S/c13-12(14)6-10(18(15,16)17)8-5-11-9-4-2-1-3-7(8)9/h1-5,10-11H,6H2,(H,15,16,17)/p-1/t10-/m1/s1. The fourth-order valence-electron chi connectivity index (χ4n) is 1.84. The van der Waals surface area contributed by atoms with E-state index in [1.165, 1.54) is 6.20 Å². The molecule has 0 aliphatic heterocycles. The Kier molecular flexibility index (Phi) is 3.05. The molecule has 0 fully saturated rings. The minimum absolute atomic E-state index is 0.136. The van der Waals surface area contributed by atoms with Gasteiger partial charge in [-0.25, -0.2) is 8.42 Å². The third kappa shape index (κ3) is 2.34. The van der Waals surface area contributed by atoms with Crippen LogP contribution in [0.2, 0.25) is 0 Å². The molecule has 18 heavy (non-hydrogen) atoms. The highest BCUT2D eigenvalue weighted by Crippen LogP contribution is 2.28. The number of aromatic nitrogens is 1. The second kappa shape index (κ2) is 4.39. The molecular weight excluding hydrogens is 260 g/mol. The Balaban J connectivity index is 2.58. The van der Waals surface area contributed by atoms with E-state index in [9.17, 15) is 23.1 Å². The lowest BCUT2D eigenvalue weighted by Gasteiger charge is -2.16. The monoisotopic (exact) mass is 269 g/mol. The van der Waals surface area contributed by atoms with Gasteiger partial charge < -0.3 is 9.54 Å². The van der Waals surface area contributed by atoms with Crippen LogP contribution in [0.1, 0.15) is 10.8 Å². The highest BCUT2D eigenvalue weighted by Gasteiger charge is 2.27. The van der Waals surface area contributed by atoms with E-state index in [1.807, 2.05) is 0 Å². The van der Waals surface area contributed by atoms with E-state index in [2.05, 4.69) is 4.98 Å². The predicted octanol–water partition coefficient (Wildman–Crippen LogP) is 1.03. The first-order chi connectivity index (χ1) is 8.39. The van der Waals surface area contributed by atoms with Crippen LogP contribution in [0.25, 0.3) is 10.9 Å². The number of nitro groups is 1. The zero-order valence-corrected chi connectivity index (χ0v) is 9.88. The molecule has 1 N–H and O–H groups in total. The number of aromatic amines is 1. The summed E-state index contributed by atoms with van der Waals surface area (Å²) in [5, 5.41) is 9.31. The van der Waals surface area contributed by atoms with Gasteiger partial charge >= 0.3 is 0 Å². The zero-order valence-electron chi connectivity index (χ0n) is 9.07. The molecule has 96 valence electrons. The molecule has 0 amide bonds. The molecule has 7 nitrogen and oxygen atoms in total. The largest absolute Gasteiger partial charge is 0.747 e. The highest BCUT2D eigenvalue weighted by atomic mass is 32.2. The van der Waals surface area contributed by atoms with Crippen molar-refractivity contribution in [1.82, 2.24) is 4.98 Å². The number of rotatable bonds is 4. The van der Waals surface area contributed by atoms with E-state index in [0.29, 0.717) is 10.9 Å². The van der Waals surface area contributed by atoms with Gasteiger partial charge in [-0.3, -0.25) is 10.1 Å². The van der Waals surface area contributed by atoms with Crippen molar-refractivity contribution in [2.75, 3.05) is 6.54 Å². The number of benzene rings is 1. The van der Waals surface area contributed by atoms with Gasteiger partial charge in [-0.1, -0.05) is 18.2 Å².